The summed E-state index contributed by atoms with van der Waals surface area (Å²) < 4.78 is 0. The Hall–Kier alpha value is -2.70. The van der Waals surface area contributed by atoms with Gasteiger partial charge in [0.05, 0.1) is 22.8 Å². The summed E-state index contributed by atoms with van der Waals surface area (Å²) in [5, 5.41) is 10.4. The summed E-state index contributed by atoms with van der Waals surface area (Å²) >= 11 is 0. The molecule has 1 aromatic carbocycles. The highest BCUT2D eigenvalue weighted by Crippen LogP contribution is 2.22. The van der Waals surface area contributed by atoms with Crippen LogP contribution in [0.3, 0.4) is 0 Å². The number of nitrogens with zero attached hydrogens (tertiary/aromatic N) is 4. The van der Waals surface area contributed by atoms with Crippen molar-refractivity contribution in [2.75, 3.05) is 30.0 Å². The molecular formula is C14H18N6O. The number of amides is 1. The maximum atomic E-state index is 12.2. The van der Waals surface area contributed by atoms with Crippen molar-refractivity contribution in [2.45, 2.75) is 13.8 Å². The van der Waals surface area contributed by atoms with E-state index in [0.29, 0.717) is 11.3 Å². The van der Waals surface area contributed by atoms with Crippen LogP contribution < -0.4 is 16.0 Å². The van der Waals surface area contributed by atoms with Crippen LogP contribution in [0.4, 0.5) is 17.3 Å². The lowest BCUT2D eigenvalue weighted by Crippen LogP contribution is -2.17. The van der Waals surface area contributed by atoms with Gasteiger partial charge in [-0.15, -0.1) is 5.10 Å². The third-order valence-electron chi connectivity index (χ3n) is 3.09. The number of carbonyl (C=O) groups excluding carboxylic acids is 1. The second kappa shape index (κ2) is 5.74. The minimum absolute atomic E-state index is 0.179. The van der Waals surface area contributed by atoms with Gasteiger partial charge in [0.2, 0.25) is 5.95 Å². The standard InChI is InChI=1S/C14H18N6O/c1-8-9(2)18-19-14(16-8)17-13(21)10-5-6-12(20(3)4)11(15)7-10/h5-7H,15H2,1-4H3,(H,16,17,19,21). The van der Waals surface area contributed by atoms with Crippen LogP contribution in [0.15, 0.2) is 18.2 Å². The molecule has 2 rings (SSSR count). The van der Waals surface area contributed by atoms with Gasteiger partial charge >= 0.3 is 0 Å². The highest BCUT2D eigenvalue weighted by molar-refractivity contribution is 6.04. The molecule has 0 bridgehead atoms. The summed E-state index contributed by atoms with van der Waals surface area (Å²) in [4.78, 5) is 18.2. The van der Waals surface area contributed by atoms with E-state index in [4.69, 9.17) is 5.73 Å². The van der Waals surface area contributed by atoms with Gasteiger partial charge < -0.3 is 10.6 Å². The van der Waals surface area contributed by atoms with Crippen molar-refractivity contribution in [1.82, 2.24) is 15.2 Å². The second-order valence-electron chi connectivity index (χ2n) is 4.93. The van der Waals surface area contributed by atoms with Gasteiger partial charge in [0.15, 0.2) is 0 Å². The molecule has 7 heteroatoms. The van der Waals surface area contributed by atoms with Gasteiger partial charge in [-0.25, -0.2) is 4.98 Å². The van der Waals surface area contributed by atoms with Crippen molar-refractivity contribution >= 4 is 23.2 Å². The number of nitrogens with two attached hydrogens (primary N) is 1. The Bertz CT molecular complexity index is 683. The maximum absolute atomic E-state index is 12.2. The number of hydrogen-bond acceptors (Lipinski definition) is 6. The van der Waals surface area contributed by atoms with Crippen LogP contribution in [0.2, 0.25) is 0 Å². The number of carbonyl (C=O) groups is 1. The second-order valence-corrected chi connectivity index (χ2v) is 4.93. The first kappa shape index (κ1) is 14.7. The Kier molecular flexibility index (Phi) is 4.02. The molecule has 0 fully saturated rings. The molecule has 1 heterocycles. The van der Waals surface area contributed by atoms with Gasteiger partial charge in [-0.3, -0.25) is 10.1 Å². The average molecular weight is 286 g/mol. The van der Waals surface area contributed by atoms with Crippen molar-refractivity contribution in [2.24, 2.45) is 0 Å². The first-order chi connectivity index (χ1) is 9.88. The Balaban J connectivity index is 2.20. The number of aryl methyl sites for hydroxylation is 2. The third-order valence-corrected chi connectivity index (χ3v) is 3.09. The van der Waals surface area contributed by atoms with E-state index < -0.39 is 0 Å². The Morgan fingerprint density at radius 1 is 1.19 bits per heavy atom. The van der Waals surface area contributed by atoms with Gasteiger partial charge in [-0.05, 0) is 32.0 Å². The molecule has 0 saturated carbocycles. The lowest BCUT2D eigenvalue weighted by molar-refractivity contribution is 0.102. The van der Waals surface area contributed by atoms with Crippen LogP contribution >= 0.6 is 0 Å². The SMILES string of the molecule is Cc1nnc(NC(=O)c2ccc(N(C)C)c(N)c2)nc1C. The summed E-state index contributed by atoms with van der Waals surface area (Å²) in [6.45, 7) is 3.62. The van der Waals surface area contributed by atoms with Crippen molar-refractivity contribution in [3.8, 4) is 0 Å². The normalized spacial score (nSPS) is 10.3. The van der Waals surface area contributed by atoms with Crippen molar-refractivity contribution < 1.29 is 4.79 Å². The number of hydrogen-bond donors (Lipinski definition) is 2. The van der Waals surface area contributed by atoms with Gasteiger partial charge in [0.25, 0.3) is 5.91 Å². The molecule has 0 aliphatic heterocycles. The summed E-state index contributed by atoms with van der Waals surface area (Å²) in [6.07, 6.45) is 0. The number of nitrogens with one attached hydrogen (secondary N) is 1. The zero-order chi connectivity index (χ0) is 15.6. The quantitative estimate of drug-likeness (QED) is 0.828. The molecule has 0 aliphatic carbocycles. The van der Waals surface area contributed by atoms with E-state index in [-0.39, 0.29) is 11.9 Å². The number of anilines is 3. The van der Waals surface area contributed by atoms with Crippen molar-refractivity contribution in [1.29, 1.82) is 0 Å². The van der Waals surface area contributed by atoms with E-state index in [0.717, 1.165) is 17.1 Å². The number of rotatable bonds is 3. The van der Waals surface area contributed by atoms with Crippen LogP contribution in [-0.2, 0) is 0 Å². The fraction of sp³-hybridized carbons (Fsp3) is 0.286. The lowest BCUT2D eigenvalue weighted by atomic mass is 10.1. The number of aromatic nitrogens is 3. The van der Waals surface area contributed by atoms with Crippen LogP contribution in [0.5, 0.6) is 0 Å². The molecule has 0 aliphatic rings. The number of nitrogen functional groups attached to an aromatic ring is 1. The molecule has 110 valence electrons. The minimum atomic E-state index is -0.322. The number of benzene rings is 1. The molecule has 0 unspecified atom stereocenters. The van der Waals surface area contributed by atoms with Gasteiger partial charge in [0, 0.05) is 19.7 Å². The molecule has 1 amide bonds. The fourth-order valence-corrected chi connectivity index (χ4v) is 1.79. The molecule has 0 radical (unpaired) electrons. The molecule has 3 N–H and O–H groups in total. The molecule has 0 spiro atoms. The monoisotopic (exact) mass is 286 g/mol. The Morgan fingerprint density at radius 2 is 1.90 bits per heavy atom. The average Bonchev–Trinajstić information content (AvgIpc) is 2.42. The van der Waals surface area contributed by atoms with Gasteiger partial charge in [-0.1, -0.05) is 0 Å². The molecule has 2 aromatic rings. The summed E-state index contributed by atoms with van der Waals surface area (Å²) in [7, 11) is 3.78. The van der Waals surface area contributed by atoms with E-state index in [2.05, 4.69) is 20.5 Å². The molecule has 21 heavy (non-hydrogen) atoms. The molecule has 0 saturated heterocycles. The van der Waals surface area contributed by atoms with Crippen LogP contribution in [0.1, 0.15) is 21.7 Å². The van der Waals surface area contributed by atoms with Crippen LogP contribution in [0, 0.1) is 13.8 Å². The lowest BCUT2D eigenvalue weighted by Gasteiger charge is -2.15. The zero-order valence-corrected chi connectivity index (χ0v) is 12.5. The molecule has 7 nitrogen and oxygen atoms in total. The van der Waals surface area contributed by atoms with E-state index >= 15 is 0 Å². The highest BCUT2D eigenvalue weighted by atomic mass is 16.1. The largest absolute Gasteiger partial charge is 0.397 e. The van der Waals surface area contributed by atoms with E-state index in [9.17, 15) is 4.79 Å². The molecule has 0 atom stereocenters. The highest BCUT2D eigenvalue weighted by Gasteiger charge is 2.11. The van der Waals surface area contributed by atoms with E-state index in [1.807, 2.05) is 32.8 Å². The summed E-state index contributed by atoms with van der Waals surface area (Å²) in [6, 6.07) is 5.12. The summed E-state index contributed by atoms with van der Waals surface area (Å²) in [5.74, 6) is -0.143. The first-order valence-corrected chi connectivity index (χ1v) is 6.44. The van der Waals surface area contributed by atoms with E-state index in [1.54, 1.807) is 18.2 Å². The minimum Gasteiger partial charge on any atom is -0.397 e. The van der Waals surface area contributed by atoms with Crippen LogP contribution in [0.25, 0.3) is 0 Å². The zero-order valence-electron chi connectivity index (χ0n) is 12.5. The molecule has 1 aromatic heterocycles. The van der Waals surface area contributed by atoms with Gasteiger partial charge in [-0.2, -0.15) is 5.10 Å². The van der Waals surface area contributed by atoms with E-state index in [1.165, 1.54) is 0 Å². The predicted octanol–water partition coefficient (Wildman–Crippen LogP) is 1.39. The molecular weight excluding hydrogens is 268 g/mol. The summed E-state index contributed by atoms with van der Waals surface area (Å²) in [5.41, 5.74) is 9.22. The third kappa shape index (κ3) is 3.25. The Labute approximate surface area is 123 Å². The Morgan fingerprint density at radius 3 is 2.48 bits per heavy atom. The maximum Gasteiger partial charge on any atom is 0.258 e. The van der Waals surface area contributed by atoms with Crippen LogP contribution in [-0.4, -0.2) is 35.2 Å². The van der Waals surface area contributed by atoms with Gasteiger partial charge in [0.1, 0.15) is 0 Å². The van der Waals surface area contributed by atoms with Crippen molar-refractivity contribution in [3.05, 3.63) is 35.2 Å². The predicted molar refractivity (Wildman–Crippen MR) is 82.4 cm³/mol. The topological polar surface area (TPSA) is 97.0 Å². The first-order valence-electron chi connectivity index (χ1n) is 6.44. The fourth-order valence-electron chi connectivity index (χ4n) is 1.79. The smallest absolute Gasteiger partial charge is 0.258 e. The van der Waals surface area contributed by atoms with Crippen molar-refractivity contribution in [3.63, 3.8) is 0 Å².